The zero-order chi connectivity index (χ0) is 0. The van der Waals surface area contributed by atoms with Crippen LogP contribution in [-0.4, -0.2) is 45.0 Å². The summed E-state index contributed by atoms with van der Waals surface area (Å²) >= 11 is 0. The van der Waals surface area contributed by atoms with E-state index in [2.05, 4.69) is 0 Å². The fraction of sp³-hybridized carbons (Fsp3) is 0. The molecular formula is H8F2MgO4. The maximum atomic E-state index is 0. The second kappa shape index (κ2) is 889. The summed E-state index contributed by atoms with van der Waals surface area (Å²) in [4.78, 5) is 0. The van der Waals surface area contributed by atoms with Crippen LogP contribution in [0, 0.1) is 0 Å². The number of halogens is 2. The van der Waals surface area contributed by atoms with Gasteiger partial charge in [-0.05, 0) is 0 Å². The Hall–Kier alpha value is 0.466. The first-order chi connectivity index (χ1) is 0. The van der Waals surface area contributed by atoms with Crippen molar-refractivity contribution in [2.24, 2.45) is 0 Å². The molecule has 0 aromatic heterocycles. The molecule has 0 fully saturated rings. The Labute approximate surface area is 55.0 Å². The average molecular weight is 134 g/mol. The third kappa shape index (κ3) is 593. The van der Waals surface area contributed by atoms with Crippen molar-refractivity contribution in [3.8, 4) is 0 Å². The van der Waals surface area contributed by atoms with Crippen LogP contribution < -0.4 is 9.41 Å². The fourth-order valence-corrected chi connectivity index (χ4v) is 0. The zero-order valence-electron chi connectivity index (χ0n) is 3.46. The van der Waals surface area contributed by atoms with Crippen molar-refractivity contribution < 1.29 is 31.3 Å². The van der Waals surface area contributed by atoms with Crippen molar-refractivity contribution in [1.82, 2.24) is 0 Å². The van der Waals surface area contributed by atoms with Crippen LogP contribution >= 0.6 is 0 Å². The van der Waals surface area contributed by atoms with Crippen molar-refractivity contribution >= 4 is 23.1 Å². The molecule has 8 N–H and O–H groups in total. The molecule has 0 radical (unpaired) electrons. The topological polar surface area (TPSA) is 126 Å². The smallest absolute Gasteiger partial charge is 1.00 e. The van der Waals surface area contributed by atoms with Gasteiger partial charge in [0.15, 0.2) is 0 Å². The molecule has 0 saturated heterocycles. The van der Waals surface area contributed by atoms with Gasteiger partial charge in [0.05, 0.1) is 0 Å². The van der Waals surface area contributed by atoms with E-state index in [-0.39, 0.29) is 54.4 Å². The second-order valence-electron chi connectivity index (χ2n) is 0. The summed E-state index contributed by atoms with van der Waals surface area (Å²) < 4.78 is 0. The van der Waals surface area contributed by atoms with Gasteiger partial charge in [-0.15, -0.1) is 0 Å². The molecule has 0 unspecified atom stereocenters. The fourth-order valence-electron chi connectivity index (χ4n) is 0. The molecular weight excluding hydrogens is 126 g/mol. The van der Waals surface area contributed by atoms with Crippen molar-refractivity contribution in [3.05, 3.63) is 0 Å². The third-order valence-electron chi connectivity index (χ3n) is 0. The SMILES string of the molecule is O.O.O.O.[F-].[F-].[Mg+2]. The van der Waals surface area contributed by atoms with Gasteiger partial charge < -0.3 is 31.3 Å². The molecule has 0 heterocycles. The number of hydrogen-bond donors (Lipinski definition) is 0. The molecule has 48 valence electrons. The third-order valence-corrected chi connectivity index (χ3v) is 0. The second-order valence-corrected chi connectivity index (χ2v) is 0. The van der Waals surface area contributed by atoms with Crippen molar-refractivity contribution in [1.29, 1.82) is 0 Å². The van der Waals surface area contributed by atoms with Gasteiger partial charge in [0.25, 0.3) is 0 Å². The molecule has 0 spiro atoms. The van der Waals surface area contributed by atoms with Gasteiger partial charge in [0.2, 0.25) is 0 Å². The minimum Gasteiger partial charge on any atom is -1.00 e. The van der Waals surface area contributed by atoms with E-state index in [1.807, 2.05) is 0 Å². The first kappa shape index (κ1) is 1440. The van der Waals surface area contributed by atoms with E-state index in [0.717, 1.165) is 0 Å². The van der Waals surface area contributed by atoms with Gasteiger partial charge >= 0.3 is 23.1 Å². The molecule has 0 aliphatic carbocycles. The standard InChI is InChI=1S/2FH.Mg.4H2O/h2*1H;;4*1H2/q;;+2;;;;/p-2. The molecule has 0 aromatic carbocycles. The summed E-state index contributed by atoms with van der Waals surface area (Å²) in [6.45, 7) is 0. The van der Waals surface area contributed by atoms with E-state index in [1.165, 1.54) is 0 Å². The number of rotatable bonds is 0. The van der Waals surface area contributed by atoms with Crippen LogP contribution in [-0.2, 0) is 0 Å². The van der Waals surface area contributed by atoms with Crippen LogP contribution in [0.5, 0.6) is 0 Å². The van der Waals surface area contributed by atoms with E-state index in [9.17, 15) is 0 Å². The molecule has 4 nitrogen and oxygen atoms in total. The van der Waals surface area contributed by atoms with Gasteiger partial charge in [-0.1, -0.05) is 0 Å². The van der Waals surface area contributed by atoms with E-state index in [4.69, 9.17) is 0 Å². The predicted octanol–water partition coefficient (Wildman–Crippen LogP) is -9.67. The molecule has 0 aromatic rings. The Morgan fingerprint density at radius 3 is 0.429 bits per heavy atom. The Morgan fingerprint density at radius 1 is 0.429 bits per heavy atom. The van der Waals surface area contributed by atoms with Crippen LogP contribution in [0.15, 0.2) is 0 Å². The molecule has 7 heavy (non-hydrogen) atoms. The van der Waals surface area contributed by atoms with Crippen molar-refractivity contribution in [2.45, 2.75) is 0 Å². The molecule has 0 saturated carbocycles. The van der Waals surface area contributed by atoms with Crippen LogP contribution in [0.2, 0.25) is 0 Å². The Morgan fingerprint density at radius 2 is 0.429 bits per heavy atom. The quantitative estimate of drug-likeness (QED) is 0.292. The van der Waals surface area contributed by atoms with Gasteiger partial charge in [-0.3, -0.25) is 0 Å². The minimum atomic E-state index is 0. The normalized spacial score (nSPS) is 0. The van der Waals surface area contributed by atoms with E-state index < -0.39 is 0 Å². The van der Waals surface area contributed by atoms with Crippen LogP contribution in [0.1, 0.15) is 0 Å². The maximum Gasteiger partial charge on any atom is 2.00 e. The monoisotopic (exact) mass is 134 g/mol. The van der Waals surface area contributed by atoms with Crippen LogP contribution in [0.4, 0.5) is 0 Å². The van der Waals surface area contributed by atoms with E-state index >= 15 is 0 Å². The van der Waals surface area contributed by atoms with Gasteiger partial charge in [-0.25, -0.2) is 0 Å². The van der Waals surface area contributed by atoms with Crippen LogP contribution in [0.3, 0.4) is 0 Å². The predicted molar refractivity (Wildman–Crippen MR) is 20.2 cm³/mol. The molecule has 0 aliphatic heterocycles. The van der Waals surface area contributed by atoms with Crippen molar-refractivity contribution in [2.75, 3.05) is 0 Å². The molecule has 0 aliphatic rings. The summed E-state index contributed by atoms with van der Waals surface area (Å²) in [5.74, 6) is 0. The summed E-state index contributed by atoms with van der Waals surface area (Å²) in [7, 11) is 0. The Bertz CT molecular complexity index is 9.65. The first-order valence-corrected chi connectivity index (χ1v) is 0. The zero-order valence-corrected chi connectivity index (χ0v) is 4.88. The van der Waals surface area contributed by atoms with Gasteiger partial charge in [-0.2, -0.15) is 0 Å². The summed E-state index contributed by atoms with van der Waals surface area (Å²) in [6, 6.07) is 0. The Kier molecular flexibility index (Phi) is 182000. The maximum absolute atomic E-state index is 0. The largest absolute Gasteiger partial charge is 2.00 e. The van der Waals surface area contributed by atoms with Crippen LogP contribution in [0.25, 0.3) is 0 Å². The average Bonchev–Trinajstić information content (AvgIpc) is 0. The number of hydrogen-bond acceptors (Lipinski definition) is 0. The molecule has 0 bridgehead atoms. The molecule has 0 atom stereocenters. The van der Waals surface area contributed by atoms with Crippen molar-refractivity contribution in [3.63, 3.8) is 0 Å². The summed E-state index contributed by atoms with van der Waals surface area (Å²) in [5, 5.41) is 0. The first-order valence-electron chi connectivity index (χ1n) is 0. The minimum absolute atomic E-state index is 0. The van der Waals surface area contributed by atoms with Gasteiger partial charge in [0, 0.05) is 0 Å². The molecule has 0 amide bonds. The summed E-state index contributed by atoms with van der Waals surface area (Å²) in [5.41, 5.74) is 0. The molecule has 7 heteroatoms. The van der Waals surface area contributed by atoms with E-state index in [1.54, 1.807) is 0 Å². The van der Waals surface area contributed by atoms with Gasteiger partial charge in [0.1, 0.15) is 0 Å². The molecule has 0 rings (SSSR count). The summed E-state index contributed by atoms with van der Waals surface area (Å²) in [6.07, 6.45) is 0. The Balaban J connectivity index is 0. The van der Waals surface area contributed by atoms with E-state index in [0.29, 0.717) is 0 Å².